The van der Waals surface area contributed by atoms with Gasteiger partial charge in [-0.1, -0.05) is 6.07 Å². The lowest BCUT2D eigenvalue weighted by Crippen LogP contribution is -2.47. The van der Waals surface area contributed by atoms with Crippen LogP contribution < -0.4 is 5.32 Å². The molecule has 0 saturated carbocycles. The monoisotopic (exact) mass is 341 g/mol. The van der Waals surface area contributed by atoms with E-state index < -0.39 is 0 Å². The van der Waals surface area contributed by atoms with E-state index >= 15 is 0 Å². The predicted octanol–water partition coefficient (Wildman–Crippen LogP) is 1.20. The molecule has 25 heavy (non-hydrogen) atoms. The maximum absolute atomic E-state index is 12.9. The molecule has 1 fully saturated rings. The first kappa shape index (κ1) is 16.2. The lowest BCUT2D eigenvalue weighted by molar-refractivity contribution is -0.136. The molecular weight excluding hydrogens is 318 g/mol. The number of carbonyl (C=O) groups excluding carboxylic acids is 1. The van der Waals surface area contributed by atoms with Crippen molar-refractivity contribution in [3.63, 3.8) is 0 Å². The van der Waals surface area contributed by atoms with E-state index in [2.05, 4.69) is 20.3 Å². The van der Waals surface area contributed by atoms with E-state index in [0.29, 0.717) is 6.61 Å². The summed E-state index contributed by atoms with van der Waals surface area (Å²) >= 11 is 0. The maximum atomic E-state index is 12.9. The number of amides is 1. The molecule has 1 atom stereocenters. The van der Waals surface area contributed by atoms with Crippen LogP contribution in [0, 0.1) is 0 Å². The second-order valence-electron chi connectivity index (χ2n) is 6.56. The van der Waals surface area contributed by atoms with Crippen molar-refractivity contribution in [2.24, 2.45) is 0 Å². The van der Waals surface area contributed by atoms with Crippen molar-refractivity contribution < 1.29 is 9.53 Å². The molecule has 4 rings (SSSR count). The lowest BCUT2D eigenvalue weighted by Gasteiger charge is -2.35. The fraction of sp³-hybridized carbons (Fsp3) is 0.500. The summed E-state index contributed by atoms with van der Waals surface area (Å²) < 4.78 is 5.95. The zero-order valence-corrected chi connectivity index (χ0v) is 14.1. The first-order valence-corrected chi connectivity index (χ1v) is 8.87. The summed E-state index contributed by atoms with van der Waals surface area (Å²) in [6.45, 7) is 2.78. The Kier molecular flexibility index (Phi) is 4.76. The molecule has 0 aromatic carbocycles. The minimum atomic E-state index is -0.319. The number of aromatic amines is 1. The molecule has 2 aliphatic rings. The number of nitrogens with zero attached hydrogens (tertiary/aromatic N) is 3. The number of rotatable bonds is 4. The van der Waals surface area contributed by atoms with Crippen molar-refractivity contribution in [3.05, 3.63) is 47.8 Å². The van der Waals surface area contributed by atoms with Crippen LogP contribution in [0.4, 0.5) is 0 Å². The maximum Gasteiger partial charge on any atom is 0.246 e. The Morgan fingerprint density at radius 1 is 1.28 bits per heavy atom. The van der Waals surface area contributed by atoms with Crippen LogP contribution >= 0.6 is 0 Å². The molecule has 7 nitrogen and oxygen atoms in total. The van der Waals surface area contributed by atoms with Gasteiger partial charge < -0.3 is 19.9 Å². The molecule has 4 heterocycles. The fourth-order valence-electron chi connectivity index (χ4n) is 3.54. The van der Waals surface area contributed by atoms with E-state index in [1.54, 1.807) is 12.5 Å². The van der Waals surface area contributed by atoms with Gasteiger partial charge in [-0.2, -0.15) is 0 Å². The van der Waals surface area contributed by atoms with Crippen LogP contribution in [0.2, 0.25) is 0 Å². The predicted molar refractivity (Wildman–Crippen MR) is 91.7 cm³/mol. The molecule has 7 heteroatoms. The molecule has 1 saturated heterocycles. The highest BCUT2D eigenvalue weighted by molar-refractivity contribution is 5.83. The highest BCUT2D eigenvalue weighted by atomic mass is 16.5. The van der Waals surface area contributed by atoms with Crippen molar-refractivity contribution in [1.82, 2.24) is 25.2 Å². The first-order chi connectivity index (χ1) is 12.3. The number of carbonyl (C=O) groups is 1. The van der Waals surface area contributed by atoms with Crippen molar-refractivity contribution in [3.8, 4) is 0 Å². The molecule has 0 radical (unpaired) electrons. The third-order valence-corrected chi connectivity index (χ3v) is 4.94. The van der Waals surface area contributed by atoms with E-state index in [-0.39, 0.29) is 18.1 Å². The molecule has 2 aliphatic heterocycles. The van der Waals surface area contributed by atoms with Crippen LogP contribution in [-0.2, 0) is 22.6 Å². The number of hydrogen-bond acceptors (Lipinski definition) is 5. The molecule has 0 bridgehead atoms. The number of fused-ring (bicyclic) bond motifs is 1. The van der Waals surface area contributed by atoms with Crippen LogP contribution in [0.3, 0.4) is 0 Å². The number of likely N-dealkylation sites (tertiary alicyclic amines) is 1. The van der Waals surface area contributed by atoms with Crippen molar-refractivity contribution in [2.75, 3.05) is 19.6 Å². The van der Waals surface area contributed by atoms with Gasteiger partial charge in [0.05, 0.1) is 30.4 Å². The van der Waals surface area contributed by atoms with Gasteiger partial charge in [-0.3, -0.25) is 9.78 Å². The van der Waals surface area contributed by atoms with Gasteiger partial charge in [0.1, 0.15) is 6.04 Å². The third-order valence-electron chi connectivity index (χ3n) is 4.94. The van der Waals surface area contributed by atoms with E-state index in [0.717, 1.165) is 56.0 Å². The van der Waals surface area contributed by atoms with Crippen molar-refractivity contribution >= 4 is 5.91 Å². The standard InChI is InChI=1S/C18H23N5O2/c24-18(17-16-15(4-8-20-17)21-12-22-16)23-9-5-14(6-10-23)25-11-13-3-1-2-7-19-13/h1-3,7,12,14,17,20H,4-6,8-11H2,(H,21,22)/t17-/m0/s1. The van der Waals surface area contributed by atoms with Crippen LogP contribution in [0.15, 0.2) is 30.7 Å². The quantitative estimate of drug-likeness (QED) is 0.873. The Morgan fingerprint density at radius 3 is 2.96 bits per heavy atom. The second kappa shape index (κ2) is 7.33. The normalized spacial score (nSPS) is 21.1. The molecule has 0 spiro atoms. The lowest BCUT2D eigenvalue weighted by atomic mass is 10.0. The van der Waals surface area contributed by atoms with Gasteiger partial charge in [0.25, 0.3) is 0 Å². The Labute approximate surface area is 146 Å². The molecule has 0 unspecified atom stereocenters. The van der Waals surface area contributed by atoms with Gasteiger partial charge >= 0.3 is 0 Å². The van der Waals surface area contributed by atoms with Gasteiger partial charge in [-0.05, 0) is 25.0 Å². The number of aromatic nitrogens is 3. The largest absolute Gasteiger partial charge is 0.372 e. The SMILES string of the molecule is O=C([C@H]1NCCc2[nH]cnc21)N1CCC(OCc2ccccn2)CC1. The highest BCUT2D eigenvalue weighted by Gasteiger charge is 2.33. The van der Waals surface area contributed by atoms with Crippen LogP contribution in [0.25, 0.3) is 0 Å². The van der Waals surface area contributed by atoms with Gasteiger partial charge in [-0.15, -0.1) is 0 Å². The number of hydrogen-bond donors (Lipinski definition) is 2. The zero-order chi connectivity index (χ0) is 17.1. The Hall–Kier alpha value is -2.25. The smallest absolute Gasteiger partial charge is 0.246 e. The highest BCUT2D eigenvalue weighted by Crippen LogP contribution is 2.24. The van der Waals surface area contributed by atoms with Gasteiger partial charge in [0, 0.05) is 37.9 Å². The summed E-state index contributed by atoms with van der Waals surface area (Å²) in [7, 11) is 0. The van der Waals surface area contributed by atoms with Crippen LogP contribution in [0.5, 0.6) is 0 Å². The van der Waals surface area contributed by atoms with Gasteiger partial charge in [0.15, 0.2) is 0 Å². The van der Waals surface area contributed by atoms with E-state index in [1.165, 1.54) is 0 Å². The third kappa shape index (κ3) is 3.57. The van der Waals surface area contributed by atoms with Crippen LogP contribution in [-0.4, -0.2) is 51.5 Å². The van der Waals surface area contributed by atoms with E-state index in [9.17, 15) is 4.79 Å². The average Bonchev–Trinajstić information content (AvgIpc) is 3.16. The molecule has 2 aromatic rings. The van der Waals surface area contributed by atoms with Gasteiger partial charge in [-0.25, -0.2) is 4.98 Å². The number of imidazole rings is 1. The van der Waals surface area contributed by atoms with E-state index in [1.807, 2.05) is 23.1 Å². The van der Waals surface area contributed by atoms with E-state index in [4.69, 9.17) is 4.74 Å². The molecule has 132 valence electrons. The molecular formula is C18H23N5O2. The average molecular weight is 341 g/mol. The topological polar surface area (TPSA) is 83.1 Å². The minimum absolute atomic E-state index is 0.122. The molecule has 2 aromatic heterocycles. The molecule has 0 aliphatic carbocycles. The summed E-state index contributed by atoms with van der Waals surface area (Å²) in [5, 5.41) is 3.30. The number of piperidine rings is 1. The Balaban J connectivity index is 1.30. The summed E-state index contributed by atoms with van der Waals surface area (Å²) in [6.07, 6.45) is 6.25. The first-order valence-electron chi connectivity index (χ1n) is 8.87. The summed E-state index contributed by atoms with van der Waals surface area (Å²) in [6, 6.07) is 5.51. The Morgan fingerprint density at radius 2 is 2.16 bits per heavy atom. The van der Waals surface area contributed by atoms with Gasteiger partial charge in [0.2, 0.25) is 5.91 Å². The number of nitrogens with one attached hydrogen (secondary N) is 2. The minimum Gasteiger partial charge on any atom is -0.372 e. The number of pyridine rings is 1. The second-order valence-corrected chi connectivity index (χ2v) is 6.56. The van der Waals surface area contributed by atoms with Crippen LogP contribution in [0.1, 0.15) is 36.0 Å². The Bertz CT molecular complexity index is 709. The summed E-state index contributed by atoms with van der Waals surface area (Å²) in [5.41, 5.74) is 2.87. The zero-order valence-electron chi connectivity index (χ0n) is 14.1. The summed E-state index contributed by atoms with van der Waals surface area (Å²) in [4.78, 5) is 26.5. The molecule has 2 N–H and O–H groups in total. The summed E-state index contributed by atoms with van der Waals surface area (Å²) in [5.74, 6) is 0.122. The fourth-order valence-corrected chi connectivity index (χ4v) is 3.54. The van der Waals surface area contributed by atoms with Crippen molar-refractivity contribution in [1.29, 1.82) is 0 Å². The van der Waals surface area contributed by atoms with Crippen molar-refractivity contribution in [2.45, 2.75) is 38.0 Å². The number of H-pyrrole nitrogens is 1. The molecule has 1 amide bonds. The number of ether oxygens (including phenoxy) is 1.